The van der Waals surface area contributed by atoms with Crippen LogP contribution in [0, 0.1) is 28.5 Å². The molecule has 1 aliphatic carbocycles. The van der Waals surface area contributed by atoms with Gasteiger partial charge in [-0.1, -0.05) is 25.1 Å². The van der Waals surface area contributed by atoms with Crippen LogP contribution in [-0.2, 0) is 11.3 Å². The van der Waals surface area contributed by atoms with E-state index in [-0.39, 0.29) is 18.3 Å². The second kappa shape index (κ2) is 5.00. The lowest BCUT2D eigenvalue weighted by Gasteiger charge is -2.41. The van der Waals surface area contributed by atoms with Gasteiger partial charge in [0, 0.05) is 19.2 Å². The highest BCUT2D eigenvalue weighted by Crippen LogP contribution is 2.46. The lowest BCUT2D eigenvalue weighted by molar-refractivity contribution is -0.144. The van der Waals surface area contributed by atoms with Gasteiger partial charge in [-0.2, -0.15) is 5.26 Å². The van der Waals surface area contributed by atoms with Gasteiger partial charge < -0.3 is 4.90 Å². The third-order valence-corrected chi connectivity index (χ3v) is 3.73. The van der Waals surface area contributed by atoms with Crippen molar-refractivity contribution in [2.75, 3.05) is 7.05 Å². The molecular weight excluding hydrogens is 243 g/mol. The summed E-state index contributed by atoms with van der Waals surface area (Å²) < 4.78 is 13.5. The van der Waals surface area contributed by atoms with Crippen LogP contribution >= 0.6 is 0 Å². The molecule has 0 aliphatic heterocycles. The average molecular weight is 260 g/mol. The van der Waals surface area contributed by atoms with Crippen LogP contribution in [0.2, 0.25) is 0 Å². The van der Waals surface area contributed by atoms with Crippen molar-refractivity contribution in [3.63, 3.8) is 0 Å². The molecule has 2 rings (SSSR count). The third kappa shape index (κ3) is 2.46. The van der Waals surface area contributed by atoms with Crippen LogP contribution in [0.1, 0.15) is 25.3 Å². The standard InChI is InChI=1S/C15H17FN2O/c1-11-7-15(8-11,10-17)14(19)18(2)9-12-5-3-4-6-13(12)16/h3-6,11H,7-9H2,1-2H3. The topological polar surface area (TPSA) is 44.1 Å². The molecule has 0 N–H and O–H groups in total. The molecule has 0 radical (unpaired) electrons. The van der Waals surface area contributed by atoms with E-state index in [1.54, 1.807) is 25.2 Å². The molecule has 0 heterocycles. The summed E-state index contributed by atoms with van der Waals surface area (Å²) >= 11 is 0. The molecule has 1 aromatic rings. The summed E-state index contributed by atoms with van der Waals surface area (Å²) in [4.78, 5) is 13.8. The molecule has 0 saturated heterocycles. The molecule has 3 nitrogen and oxygen atoms in total. The molecule has 1 aromatic carbocycles. The van der Waals surface area contributed by atoms with E-state index in [0.717, 1.165) is 0 Å². The maximum Gasteiger partial charge on any atom is 0.243 e. The van der Waals surface area contributed by atoms with Gasteiger partial charge >= 0.3 is 0 Å². The van der Waals surface area contributed by atoms with Crippen molar-refractivity contribution in [3.05, 3.63) is 35.6 Å². The lowest BCUT2D eigenvalue weighted by Crippen LogP contribution is -2.48. The van der Waals surface area contributed by atoms with Gasteiger partial charge in [-0.15, -0.1) is 0 Å². The SMILES string of the molecule is CC1CC(C#N)(C(=O)N(C)Cc2ccccc2F)C1. The summed E-state index contributed by atoms with van der Waals surface area (Å²) in [5, 5.41) is 9.22. The second-order valence-corrected chi connectivity index (χ2v) is 5.46. The van der Waals surface area contributed by atoms with Crippen LogP contribution in [-0.4, -0.2) is 17.9 Å². The number of nitrogens with zero attached hydrogens (tertiary/aromatic N) is 2. The number of nitriles is 1. The van der Waals surface area contributed by atoms with E-state index in [2.05, 4.69) is 6.07 Å². The van der Waals surface area contributed by atoms with Crippen LogP contribution < -0.4 is 0 Å². The Hall–Kier alpha value is -1.89. The predicted molar refractivity (Wildman–Crippen MR) is 69.3 cm³/mol. The highest BCUT2D eigenvalue weighted by atomic mass is 19.1. The van der Waals surface area contributed by atoms with E-state index in [1.807, 2.05) is 6.92 Å². The summed E-state index contributed by atoms with van der Waals surface area (Å²) in [6.07, 6.45) is 1.20. The van der Waals surface area contributed by atoms with E-state index in [4.69, 9.17) is 0 Å². The van der Waals surface area contributed by atoms with Crippen molar-refractivity contribution in [2.45, 2.75) is 26.3 Å². The van der Waals surface area contributed by atoms with Gasteiger partial charge in [0.15, 0.2) is 0 Å². The summed E-state index contributed by atoms with van der Waals surface area (Å²) in [7, 11) is 1.62. The Balaban J connectivity index is 2.09. The monoisotopic (exact) mass is 260 g/mol. The molecule has 0 bridgehead atoms. The zero-order valence-corrected chi connectivity index (χ0v) is 11.2. The first-order valence-corrected chi connectivity index (χ1v) is 6.39. The van der Waals surface area contributed by atoms with Crippen LogP contribution in [0.15, 0.2) is 24.3 Å². The Bertz CT molecular complexity index is 529. The normalized spacial score (nSPS) is 25.3. The van der Waals surface area contributed by atoms with E-state index < -0.39 is 5.41 Å². The van der Waals surface area contributed by atoms with Crippen molar-refractivity contribution < 1.29 is 9.18 Å². The minimum absolute atomic E-state index is 0.198. The van der Waals surface area contributed by atoms with E-state index in [9.17, 15) is 14.4 Å². The molecule has 0 atom stereocenters. The first-order valence-electron chi connectivity index (χ1n) is 6.39. The molecule has 1 amide bonds. The summed E-state index contributed by atoms with van der Waals surface area (Å²) in [5.74, 6) is -0.114. The third-order valence-electron chi connectivity index (χ3n) is 3.73. The van der Waals surface area contributed by atoms with Crippen molar-refractivity contribution in [2.24, 2.45) is 11.3 Å². The fourth-order valence-electron chi connectivity index (χ4n) is 2.76. The largest absolute Gasteiger partial charge is 0.340 e. The Labute approximate surface area is 112 Å². The first kappa shape index (κ1) is 13.5. The molecule has 19 heavy (non-hydrogen) atoms. The molecule has 0 unspecified atom stereocenters. The number of rotatable bonds is 3. The summed E-state index contributed by atoms with van der Waals surface area (Å²) in [6, 6.07) is 8.52. The number of hydrogen-bond acceptors (Lipinski definition) is 2. The maximum absolute atomic E-state index is 13.5. The molecule has 100 valence electrons. The Morgan fingerprint density at radius 1 is 1.53 bits per heavy atom. The van der Waals surface area contributed by atoms with Crippen molar-refractivity contribution >= 4 is 5.91 Å². The molecule has 0 aromatic heterocycles. The Morgan fingerprint density at radius 3 is 2.68 bits per heavy atom. The second-order valence-electron chi connectivity index (χ2n) is 5.46. The maximum atomic E-state index is 13.5. The van der Waals surface area contributed by atoms with Crippen molar-refractivity contribution in [3.8, 4) is 6.07 Å². The molecule has 1 aliphatic rings. The van der Waals surface area contributed by atoms with E-state index >= 15 is 0 Å². The minimum Gasteiger partial charge on any atom is -0.340 e. The minimum atomic E-state index is -0.889. The van der Waals surface area contributed by atoms with Gasteiger partial charge in [-0.05, 0) is 24.8 Å². The highest BCUT2D eigenvalue weighted by Gasteiger charge is 2.50. The number of halogens is 1. The average Bonchev–Trinajstić information content (AvgIpc) is 2.36. The van der Waals surface area contributed by atoms with E-state index in [0.29, 0.717) is 24.3 Å². The highest BCUT2D eigenvalue weighted by molar-refractivity contribution is 5.86. The summed E-state index contributed by atoms with van der Waals surface area (Å²) in [5.41, 5.74) is -0.418. The molecular formula is C15H17FN2O. The zero-order chi connectivity index (χ0) is 14.0. The fourth-order valence-corrected chi connectivity index (χ4v) is 2.76. The smallest absolute Gasteiger partial charge is 0.243 e. The van der Waals surface area contributed by atoms with Gasteiger partial charge in [-0.25, -0.2) is 4.39 Å². The lowest BCUT2D eigenvalue weighted by atomic mass is 9.63. The number of carbonyl (C=O) groups is 1. The number of carbonyl (C=O) groups excluding carboxylic acids is 1. The van der Waals surface area contributed by atoms with Gasteiger partial charge in [0.25, 0.3) is 0 Å². The van der Waals surface area contributed by atoms with Crippen LogP contribution in [0.3, 0.4) is 0 Å². The van der Waals surface area contributed by atoms with Gasteiger partial charge in [0.05, 0.1) is 6.07 Å². The molecule has 1 saturated carbocycles. The van der Waals surface area contributed by atoms with Crippen molar-refractivity contribution in [1.29, 1.82) is 5.26 Å². The first-order chi connectivity index (χ1) is 8.98. The number of amides is 1. The zero-order valence-electron chi connectivity index (χ0n) is 11.2. The Kier molecular flexibility index (Phi) is 3.57. The predicted octanol–water partition coefficient (Wildman–Crippen LogP) is 2.72. The number of benzene rings is 1. The molecule has 4 heteroatoms. The van der Waals surface area contributed by atoms with Crippen molar-refractivity contribution in [1.82, 2.24) is 4.90 Å². The van der Waals surface area contributed by atoms with Gasteiger partial charge in [0.2, 0.25) is 5.91 Å². The molecule has 0 spiro atoms. The number of hydrogen-bond donors (Lipinski definition) is 0. The fraction of sp³-hybridized carbons (Fsp3) is 0.467. The van der Waals surface area contributed by atoms with Gasteiger partial charge in [-0.3, -0.25) is 4.79 Å². The van der Waals surface area contributed by atoms with Crippen LogP contribution in [0.4, 0.5) is 4.39 Å². The van der Waals surface area contributed by atoms with Crippen LogP contribution in [0.5, 0.6) is 0 Å². The van der Waals surface area contributed by atoms with E-state index in [1.165, 1.54) is 11.0 Å². The summed E-state index contributed by atoms with van der Waals surface area (Å²) in [6.45, 7) is 2.23. The van der Waals surface area contributed by atoms with Gasteiger partial charge in [0.1, 0.15) is 11.2 Å². The quantitative estimate of drug-likeness (QED) is 0.838. The molecule has 1 fully saturated rings. The Morgan fingerprint density at radius 2 is 2.16 bits per heavy atom. The van der Waals surface area contributed by atoms with Crippen LogP contribution in [0.25, 0.3) is 0 Å².